The van der Waals surface area contributed by atoms with Gasteiger partial charge in [0.05, 0.1) is 12.7 Å². The zero-order valence-corrected chi connectivity index (χ0v) is 23.1. The Morgan fingerprint density at radius 3 is 2.45 bits per heavy atom. The highest BCUT2D eigenvalue weighted by Crippen LogP contribution is 2.67. The van der Waals surface area contributed by atoms with Gasteiger partial charge >= 0.3 is 12.3 Å². The number of hydrogen-bond donors (Lipinski definition) is 0. The fourth-order valence-corrected chi connectivity index (χ4v) is 7.88. The van der Waals surface area contributed by atoms with E-state index in [4.69, 9.17) is 18.9 Å². The van der Waals surface area contributed by atoms with Crippen LogP contribution in [0.2, 0.25) is 0 Å². The summed E-state index contributed by atoms with van der Waals surface area (Å²) in [5.41, 5.74) is -1.97. The second-order valence-electron chi connectivity index (χ2n) is 12.1. The van der Waals surface area contributed by atoms with Gasteiger partial charge in [0.2, 0.25) is 5.78 Å². The number of hydrogen-bond acceptors (Lipinski definition) is 9. The average Bonchev–Trinajstić information content (AvgIpc) is 3.13. The molecule has 0 bridgehead atoms. The minimum Gasteiger partial charge on any atom is -0.434 e. The standard InChI is InChI=1S/C29H40O9/c1-6-13-35-26(34)38-29(23(32)16-36-25(33)37-17(2)3)12-10-21-20-8-7-18-14-19(30)9-11-27(18,4)24(20)22(31)15-28(21,29)5/h14,17,20-21,24H,6-13,15-16H2,1-5H3/t20-,21-,24+,27-,28-,29-/m0/s1. The van der Waals surface area contributed by atoms with Crippen LogP contribution in [-0.2, 0) is 33.3 Å². The monoisotopic (exact) mass is 532 g/mol. The minimum absolute atomic E-state index is 0.00614. The van der Waals surface area contributed by atoms with Gasteiger partial charge < -0.3 is 18.9 Å². The van der Waals surface area contributed by atoms with Crippen molar-refractivity contribution in [2.24, 2.45) is 28.6 Å². The third-order valence-corrected chi connectivity index (χ3v) is 9.56. The van der Waals surface area contributed by atoms with Crippen molar-refractivity contribution in [2.75, 3.05) is 13.2 Å². The Kier molecular flexibility index (Phi) is 7.79. The fraction of sp³-hybridized carbons (Fsp3) is 0.759. The van der Waals surface area contributed by atoms with Gasteiger partial charge in [-0.2, -0.15) is 0 Å². The highest BCUT2D eigenvalue weighted by molar-refractivity contribution is 5.95. The van der Waals surface area contributed by atoms with E-state index in [0.29, 0.717) is 25.7 Å². The molecule has 0 heterocycles. The Hall–Kier alpha value is -2.71. The molecule has 0 aromatic rings. The Bertz CT molecular complexity index is 1040. The quantitative estimate of drug-likeness (QED) is 0.411. The maximum absolute atomic E-state index is 14.0. The third-order valence-electron chi connectivity index (χ3n) is 9.56. The van der Waals surface area contributed by atoms with Crippen LogP contribution in [0.4, 0.5) is 9.59 Å². The number of Topliss-reactive ketones (excluding diaryl/α,β-unsaturated/α-hetero) is 2. The summed E-state index contributed by atoms with van der Waals surface area (Å²) in [4.78, 5) is 64.7. The molecule has 3 fully saturated rings. The molecule has 9 nitrogen and oxygen atoms in total. The lowest BCUT2D eigenvalue weighted by Gasteiger charge is -2.57. The van der Waals surface area contributed by atoms with Crippen molar-refractivity contribution in [2.45, 2.75) is 97.7 Å². The molecule has 4 rings (SSSR count). The van der Waals surface area contributed by atoms with Gasteiger partial charge in [0.1, 0.15) is 5.78 Å². The summed E-state index contributed by atoms with van der Waals surface area (Å²) in [5.74, 6) is -0.747. The van der Waals surface area contributed by atoms with E-state index >= 15 is 0 Å². The van der Waals surface area contributed by atoms with Gasteiger partial charge in [0.25, 0.3) is 0 Å². The maximum atomic E-state index is 14.0. The van der Waals surface area contributed by atoms with Crippen LogP contribution in [0.5, 0.6) is 0 Å². The normalized spacial score (nSPS) is 35.9. The zero-order valence-electron chi connectivity index (χ0n) is 23.1. The van der Waals surface area contributed by atoms with Crippen LogP contribution < -0.4 is 0 Å². The first-order chi connectivity index (χ1) is 17.9. The van der Waals surface area contributed by atoms with E-state index < -0.39 is 41.8 Å². The molecule has 9 heteroatoms. The van der Waals surface area contributed by atoms with Gasteiger partial charge in [0, 0.05) is 24.2 Å². The summed E-state index contributed by atoms with van der Waals surface area (Å²) in [6.45, 7) is 8.63. The smallest absolute Gasteiger partial charge is 0.434 e. The molecule has 0 amide bonds. The number of ether oxygens (including phenoxy) is 4. The molecule has 0 radical (unpaired) electrons. The zero-order chi connectivity index (χ0) is 27.9. The highest BCUT2D eigenvalue weighted by atomic mass is 16.7. The van der Waals surface area contributed by atoms with Gasteiger partial charge in [-0.25, -0.2) is 9.59 Å². The summed E-state index contributed by atoms with van der Waals surface area (Å²) in [5, 5.41) is 0. The van der Waals surface area contributed by atoms with E-state index in [9.17, 15) is 24.0 Å². The van der Waals surface area contributed by atoms with Crippen LogP contribution in [0.25, 0.3) is 0 Å². The Balaban J connectivity index is 1.66. The first-order valence-corrected chi connectivity index (χ1v) is 13.9. The number of carbonyl (C=O) groups is 5. The van der Waals surface area contributed by atoms with E-state index in [-0.39, 0.29) is 54.2 Å². The molecule has 6 atom stereocenters. The third kappa shape index (κ3) is 4.66. The molecule has 0 spiro atoms. The molecular formula is C29H40O9. The molecule has 0 saturated heterocycles. The first kappa shape index (κ1) is 28.3. The Labute approximate surface area is 224 Å². The molecule has 4 aliphatic carbocycles. The maximum Gasteiger partial charge on any atom is 0.509 e. The van der Waals surface area contributed by atoms with E-state index in [1.54, 1.807) is 19.9 Å². The molecule has 0 unspecified atom stereocenters. The summed E-state index contributed by atoms with van der Waals surface area (Å²) in [6, 6.07) is 0. The summed E-state index contributed by atoms with van der Waals surface area (Å²) >= 11 is 0. The van der Waals surface area contributed by atoms with E-state index in [1.807, 2.05) is 13.8 Å². The predicted octanol–water partition coefficient (Wildman–Crippen LogP) is 5.13. The second kappa shape index (κ2) is 10.5. The summed E-state index contributed by atoms with van der Waals surface area (Å²) < 4.78 is 21.2. The van der Waals surface area contributed by atoms with Crippen LogP contribution in [0, 0.1) is 28.6 Å². The summed E-state index contributed by atoms with van der Waals surface area (Å²) in [6.07, 6.45) is 3.34. The van der Waals surface area contributed by atoms with Crippen LogP contribution in [0.3, 0.4) is 0 Å². The van der Waals surface area contributed by atoms with Crippen LogP contribution >= 0.6 is 0 Å². The first-order valence-electron chi connectivity index (χ1n) is 13.9. The highest BCUT2D eigenvalue weighted by Gasteiger charge is 2.71. The molecular weight excluding hydrogens is 492 g/mol. The molecule has 210 valence electrons. The largest absolute Gasteiger partial charge is 0.509 e. The van der Waals surface area contributed by atoms with Crippen molar-refractivity contribution in [3.8, 4) is 0 Å². The molecule has 0 aromatic heterocycles. The Morgan fingerprint density at radius 2 is 1.76 bits per heavy atom. The number of ketones is 3. The van der Waals surface area contributed by atoms with E-state index in [2.05, 4.69) is 6.92 Å². The average molecular weight is 533 g/mol. The number of fused-ring (bicyclic) bond motifs is 5. The van der Waals surface area contributed by atoms with Gasteiger partial charge in [0.15, 0.2) is 18.0 Å². The van der Waals surface area contributed by atoms with Crippen molar-refractivity contribution in [3.05, 3.63) is 11.6 Å². The van der Waals surface area contributed by atoms with Gasteiger partial charge in [-0.1, -0.05) is 26.3 Å². The minimum atomic E-state index is -1.67. The van der Waals surface area contributed by atoms with Crippen molar-refractivity contribution in [1.82, 2.24) is 0 Å². The van der Waals surface area contributed by atoms with Gasteiger partial charge in [-0.3, -0.25) is 14.4 Å². The van der Waals surface area contributed by atoms with Crippen LogP contribution in [0.15, 0.2) is 11.6 Å². The van der Waals surface area contributed by atoms with Crippen molar-refractivity contribution >= 4 is 29.7 Å². The van der Waals surface area contributed by atoms with Crippen LogP contribution in [0.1, 0.15) is 86.0 Å². The summed E-state index contributed by atoms with van der Waals surface area (Å²) in [7, 11) is 0. The number of rotatable bonds is 7. The molecule has 3 saturated carbocycles. The lowest BCUT2D eigenvalue weighted by Crippen LogP contribution is -2.62. The van der Waals surface area contributed by atoms with Crippen molar-refractivity contribution in [1.29, 1.82) is 0 Å². The molecule has 0 N–H and O–H groups in total. The van der Waals surface area contributed by atoms with E-state index in [0.717, 1.165) is 18.4 Å². The molecule has 0 aliphatic heterocycles. The SMILES string of the molecule is CCCOC(=O)O[C@]1(C(=O)COC(=O)OC(C)C)CC[C@H]2[C@@H]3CCC4=CC(=O)CC[C@]4(C)[C@H]3C(=O)C[C@@]21C. The van der Waals surface area contributed by atoms with Crippen LogP contribution in [-0.4, -0.2) is 54.6 Å². The lowest BCUT2D eigenvalue weighted by atomic mass is 9.46. The van der Waals surface area contributed by atoms with Crippen molar-refractivity contribution in [3.63, 3.8) is 0 Å². The lowest BCUT2D eigenvalue weighted by molar-refractivity contribution is -0.175. The van der Waals surface area contributed by atoms with Gasteiger partial charge in [-0.15, -0.1) is 0 Å². The second-order valence-corrected chi connectivity index (χ2v) is 12.1. The topological polar surface area (TPSA) is 122 Å². The van der Waals surface area contributed by atoms with Gasteiger partial charge in [-0.05, 0) is 75.7 Å². The molecule has 0 aromatic carbocycles. The van der Waals surface area contributed by atoms with E-state index in [1.165, 1.54) is 0 Å². The van der Waals surface area contributed by atoms with Crippen molar-refractivity contribution < 1.29 is 42.9 Å². The number of carbonyl (C=O) groups excluding carboxylic acids is 5. The molecule has 38 heavy (non-hydrogen) atoms. The molecule has 4 aliphatic rings. The Morgan fingerprint density at radius 1 is 1.03 bits per heavy atom. The number of allylic oxidation sites excluding steroid dienone is 1. The predicted molar refractivity (Wildman–Crippen MR) is 135 cm³/mol. The fourth-order valence-electron chi connectivity index (χ4n) is 7.88.